The van der Waals surface area contributed by atoms with Gasteiger partial charge in [0.2, 0.25) is 0 Å². The van der Waals surface area contributed by atoms with E-state index >= 15 is 0 Å². The fourth-order valence-corrected chi connectivity index (χ4v) is 3.29. The number of nitrogens with one attached hydrogen (secondary N) is 1. The molecule has 3 aromatic rings. The van der Waals surface area contributed by atoms with Crippen LogP contribution in [0.2, 0.25) is 10.2 Å². The predicted octanol–water partition coefficient (Wildman–Crippen LogP) is 3.97. The van der Waals surface area contributed by atoms with Crippen molar-refractivity contribution in [2.24, 2.45) is 0 Å². The maximum atomic E-state index is 14.1. The van der Waals surface area contributed by atoms with Gasteiger partial charge >= 0.3 is 5.97 Å². The molecule has 164 valence electrons. The first-order chi connectivity index (χ1) is 14.6. The zero-order valence-corrected chi connectivity index (χ0v) is 17.8. The van der Waals surface area contributed by atoms with Crippen molar-refractivity contribution in [2.45, 2.75) is 19.4 Å². The van der Waals surface area contributed by atoms with Crippen LogP contribution in [-0.2, 0) is 0 Å². The summed E-state index contributed by atoms with van der Waals surface area (Å²) in [7, 11) is 1.70. The standard InChI is InChI=1S/C19H17Cl2F2N5O3/c1-3-27(2)13-7-14(29)28-8-9(20)6-10(18(28)26-13)15(17(22)23)24-11-4-5-12(21)25-16(11)19(30)31/h4-8,15,17,24H,3H2,1-2H3,(H,30,31). The Morgan fingerprint density at radius 3 is 2.61 bits per heavy atom. The van der Waals surface area contributed by atoms with E-state index < -0.39 is 29.7 Å². The fourth-order valence-electron chi connectivity index (χ4n) is 2.93. The zero-order chi connectivity index (χ0) is 22.9. The molecule has 0 aliphatic heterocycles. The third kappa shape index (κ3) is 4.70. The average Bonchev–Trinajstić information content (AvgIpc) is 2.71. The summed E-state index contributed by atoms with van der Waals surface area (Å²) in [4.78, 5) is 33.8. The Labute approximate surface area is 185 Å². The lowest BCUT2D eigenvalue weighted by Crippen LogP contribution is -2.26. The summed E-state index contributed by atoms with van der Waals surface area (Å²) in [6, 6.07) is 3.28. The van der Waals surface area contributed by atoms with Crippen LogP contribution in [0.5, 0.6) is 0 Å². The van der Waals surface area contributed by atoms with Crippen LogP contribution in [-0.4, -0.2) is 45.5 Å². The van der Waals surface area contributed by atoms with E-state index in [2.05, 4.69) is 15.3 Å². The Bertz CT molecular complexity index is 1210. The van der Waals surface area contributed by atoms with E-state index in [1.807, 2.05) is 6.92 Å². The topological polar surface area (TPSA) is 99.8 Å². The number of nitrogens with zero attached hydrogens (tertiary/aromatic N) is 4. The van der Waals surface area contributed by atoms with Crippen molar-refractivity contribution in [3.63, 3.8) is 0 Å². The number of anilines is 2. The smallest absolute Gasteiger partial charge is 0.356 e. The van der Waals surface area contributed by atoms with Gasteiger partial charge in [0.25, 0.3) is 12.0 Å². The average molecular weight is 472 g/mol. The minimum atomic E-state index is -3.01. The summed E-state index contributed by atoms with van der Waals surface area (Å²) >= 11 is 11.8. The minimum absolute atomic E-state index is 0.0307. The molecule has 2 N–H and O–H groups in total. The molecule has 0 saturated heterocycles. The number of aromatic carboxylic acids is 1. The molecule has 31 heavy (non-hydrogen) atoms. The van der Waals surface area contributed by atoms with Crippen LogP contribution in [0, 0.1) is 0 Å². The molecule has 3 aromatic heterocycles. The lowest BCUT2D eigenvalue weighted by molar-refractivity contribution is 0.0690. The van der Waals surface area contributed by atoms with Crippen LogP contribution in [0.3, 0.4) is 0 Å². The molecule has 0 aromatic carbocycles. The highest BCUT2D eigenvalue weighted by atomic mass is 35.5. The highest BCUT2D eigenvalue weighted by Crippen LogP contribution is 2.31. The summed E-state index contributed by atoms with van der Waals surface area (Å²) in [6.45, 7) is 2.37. The van der Waals surface area contributed by atoms with Crippen LogP contribution >= 0.6 is 23.2 Å². The number of hydrogen-bond acceptors (Lipinski definition) is 6. The van der Waals surface area contributed by atoms with Crippen molar-refractivity contribution in [1.29, 1.82) is 0 Å². The molecule has 3 rings (SSSR count). The van der Waals surface area contributed by atoms with E-state index in [0.29, 0.717) is 12.4 Å². The van der Waals surface area contributed by atoms with Gasteiger partial charge in [0.15, 0.2) is 5.69 Å². The zero-order valence-electron chi connectivity index (χ0n) is 16.3. The molecule has 0 radical (unpaired) electrons. The predicted molar refractivity (Wildman–Crippen MR) is 114 cm³/mol. The molecular formula is C19H17Cl2F2N5O3. The summed E-state index contributed by atoms with van der Waals surface area (Å²) in [5, 5.41) is 11.8. The van der Waals surface area contributed by atoms with Gasteiger partial charge in [-0.15, -0.1) is 0 Å². The number of fused-ring (bicyclic) bond motifs is 1. The quantitative estimate of drug-likeness (QED) is 0.502. The number of halogens is 4. The van der Waals surface area contributed by atoms with Gasteiger partial charge in [-0.05, 0) is 25.1 Å². The van der Waals surface area contributed by atoms with Crippen molar-refractivity contribution in [2.75, 3.05) is 23.8 Å². The Balaban J connectivity index is 2.22. The second-order valence-corrected chi connectivity index (χ2v) is 7.39. The third-order valence-corrected chi connectivity index (χ3v) is 4.99. The molecular weight excluding hydrogens is 455 g/mol. The first kappa shape index (κ1) is 22.7. The van der Waals surface area contributed by atoms with Crippen molar-refractivity contribution in [1.82, 2.24) is 14.4 Å². The number of carbonyl (C=O) groups is 1. The Morgan fingerprint density at radius 2 is 2.00 bits per heavy atom. The maximum absolute atomic E-state index is 14.1. The minimum Gasteiger partial charge on any atom is -0.476 e. The number of hydrogen-bond donors (Lipinski definition) is 2. The van der Waals surface area contributed by atoms with Crippen LogP contribution in [0.25, 0.3) is 5.65 Å². The molecule has 3 heterocycles. The second kappa shape index (κ2) is 9.03. The molecule has 0 fully saturated rings. The first-order valence-corrected chi connectivity index (χ1v) is 9.76. The van der Waals surface area contributed by atoms with E-state index in [-0.39, 0.29) is 27.1 Å². The van der Waals surface area contributed by atoms with Gasteiger partial charge in [-0.2, -0.15) is 0 Å². The summed E-state index contributed by atoms with van der Waals surface area (Å²) < 4.78 is 29.4. The number of carboxylic acid groups (broad SMARTS) is 1. The van der Waals surface area contributed by atoms with E-state index in [0.717, 1.165) is 4.40 Å². The van der Waals surface area contributed by atoms with Gasteiger partial charge < -0.3 is 15.3 Å². The molecule has 8 nitrogen and oxygen atoms in total. The largest absolute Gasteiger partial charge is 0.476 e. The van der Waals surface area contributed by atoms with Crippen molar-refractivity contribution in [3.05, 3.63) is 62.2 Å². The molecule has 0 amide bonds. The van der Waals surface area contributed by atoms with E-state index in [1.165, 1.54) is 30.5 Å². The maximum Gasteiger partial charge on any atom is 0.356 e. The molecule has 0 saturated carbocycles. The molecule has 0 aliphatic rings. The van der Waals surface area contributed by atoms with Crippen LogP contribution < -0.4 is 15.8 Å². The van der Waals surface area contributed by atoms with E-state index in [1.54, 1.807) is 11.9 Å². The highest BCUT2D eigenvalue weighted by molar-refractivity contribution is 6.30. The molecule has 1 unspecified atom stereocenters. The first-order valence-electron chi connectivity index (χ1n) is 9.00. The van der Waals surface area contributed by atoms with Crippen molar-refractivity contribution < 1.29 is 18.7 Å². The second-order valence-electron chi connectivity index (χ2n) is 6.57. The van der Waals surface area contributed by atoms with Gasteiger partial charge in [-0.1, -0.05) is 23.2 Å². The number of aromatic nitrogens is 3. The Morgan fingerprint density at radius 1 is 1.29 bits per heavy atom. The summed E-state index contributed by atoms with van der Waals surface area (Å²) in [5.74, 6) is -1.15. The molecule has 0 bridgehead atoms. The van der Waals surface area contributed by atoms with E-state index in [9.17, 15) is 23.5 Å². The number of carboxylic acids is 1. The lowest BCUT2D eigenvalue weighted by atomic mass is 10.1. The SMILES string of the molecule is CCN(C)c1cc(=O)n2cc(Cl)cc(C(Nc3ccc(Cl)nc3C(=O)O)C(F)F)c2n1. The summed E-state index contributed by atoms with van der Waals surface area (Å²) in [5.41, 5.74) is -1.33. The van der Waals surface area contributed by atoms with Gasteiger partial charge in [-0.3, -0.25) is 9.20 Å². The van der Waals surface area contributed by atoms with Crippen LogP contribution in [0.1, 0.15) is 29.0 Å². The molecule has 1 atom stereocenters. The molecule has 0 spiro atoms. The van der Waals surface area contributed by atoms with Gasteiger partial charge in [0, 0.05) is 31.4 Å². The van der Waals surface area contributed by atoms with Gasteiger partial charge in [0.1, 0.15) is 22.7 Å². The van der Waals surface area contributed by atoms with Gasteiger partial charge in [-0.25, -0.2) is 23.5 Å². The Hall–Kier alpha value is -2.98. The number of rotatable bonds is 7. The Kier molecular flexibility index (Phi) is 6.61. The molecule has 0 aliphatic carbocycles. The number of pyridine rings is 2. The third-order valence-electron chi connectivity index (χ3n) is 4.57. The highest BCUT2D eigenvalue weighted by Gasteiger charge is 2.28. The van der Waals surface area contributed by atoms with Gasteiger partial charge in [0.05, 0.1) is 10.7 Å². The number of alkyl halides is 2. The van der Waals surface area contributed by atoms with Crippen molar-refractivity contribution in [3.8, 4) is 0 Å². The van der Waals surface area contributed by atoms with Crippen LogP contribution in [0.4, 0.5) is 20.3 Å². The lowest BCUT2D eigenvalue weighted by Gasteiger charge is -2.23. The van der Waals surface area contributed by atoms with Crippen molar-refractivity contribution >= 4 is 46.3 Å². The van der Waals surface area contributed by atoms with Crippen LogP contribution in [0.15, 0.2) is 35.3 Å². The summed E-state index contributed by atoms with van der Waals surface area (Å²) in [6.07, 6.45) is -1.73. The molecule has 12 heteroatoms. The normalized spacial score (nSPS) is 12.2. The fraction of sp³-hybridized carbons (Fsp3) is 0.263. The van der Waals surface area contributed by atoms with E-state index in [4.69, 9.17) is 23.2 Å². The monoisotopic (exact) mass is 471 g/mol.